The first kappa shape index (κ1) is 13.9. The molecule has 1 aliphatic rings. The highest BCUT2D eigenvalue weighted by atomic mass is 16.3. The van der Waals surface area contributed by atoms with E-state index >= 15 is 0 Å². The molecule has 0 aromatic heterocycles. The highest BCUT2D eigenvalue weighted by Gasteiger charge is 2.15. The Morgan fingerprint density at radius 1 is 1.31 bits per heavy atom. The van der Waals surface area contributed by atoms with Crippen molar-refractivity contribution in [3.63, 3.8) is 0 Å². The number of aliphatic hydroxyl groups is 1. The van der Waals surface area contributed by atoms with E-state index in [0.717, 1.165) is 25.4 Å². The first-order valence-electron chi connectivity index (χ1n) is 6.67. The van der Waals surface area contributed by atoms with Crippen LogP contribution in [-0.4, -0.2) is 60.8 Å². The van der Waals surface area contributed by atoms with Gasteiger partial charge in [0.2, 0.25) is 0 Å². The van der Waals surface area contributed by atoms with Crippen molar-refractivity contribution in [3.8, 4) is 0 Å². The van der Waals surface area contributed by atoms with Gasteiger partial charge in [-0.1, -0.05) is 6.92 Å². The Hall–Kier alpha value is -0.120. The van der Waals surface area contributed by atoms with Gasteiger partial charge in [-0.05, 0) is 52.2 Å². The molecule has 1 atom stereocenters. The zero-order valence-electron chi connectivity index (χ0n) is 11.2. The monoisotopic (exact) mass is 228 g/mol. The Kier molecular flexibility index (Phi) is 6.32. The lowest BCUT2D eigenvalue weighted by atomic mass is 9.99. The maximum absolute atomic E-state index is 9.21. The molecule has 0 amide bonds. The summed E-state index contributed by atoms with van der Waals surface area (Å²) in [6.45, 7) is 10.1. The first-order chi connectivity index (χ1) is 7.58. The van der Waals surface area contributed by atoms with E-state index in [2.05, 4.69) is 23.8 Å². The molecule has 1 N–H and O–H groups in total. The maximum Gasteiger partial charge on any atom is 0.0524 e. The fourth-order valence-electron chi connectivity index (χ4n) is 2.12. The lowest BCUT2D eigenvalue weighted by Crippen LogP contribution is -2.38. The summed E-state index contributed by atoms with van der Waals surface area (Å²) in [5.41, 5.74) is 0. The van der Waals surface area contributed by atoms with Crippen LogP contribution in [0.5, 0.6) is 0 Å². The van der Waals surface area contributed by atoms with Crippen LogP contribution in [0.4, 0.5) is 0 Å². The van der Waals surface area contributed by atoms with Crippen LogP contribution in [0.1, 0.15) is 33.1 Å². The van der Waals surface area contributed by atoms with E-state index in [1.165, 1.54) is 32.5 Å². The molecule has 1 unspecified atom stereocenters. The second-order valence-electron chi connectivity index (χ2n) is 5.47. The van der Waals surface area contributed by atoms with Crippen LogP contribution in [0.2, 0.25) is 0 Å². The van der Waals surface area contributed by atoms with Crippen LogP contribution >= 0.6 is 0 Å². The molecular weight excluding hydrogens is 200 g/mol. The number of nitrogens with zero attached hydrogens (tertiary/aromatic N) is 2. The van der Waals surface area contributed by atoms with E-state index in [-0.39, 0.29) is 6.10 Å². The van der Waals surface area contributed by atoms with Crippen LogP contribution in [0.15, 0.2) is 0 Å². The van der Waals surface area contributed by atoms with Crippen LogP contribution in [0, 0.1) is 5.92 Å². The van der Waals surface area contributed by atoms with Crippen molar-refractivity contribution < 1.29 is 5.11 Å². The molecule has 1 saturated heterocycles. The Balaban J connectivity index is 2.05. The van der Waals surface area contributed by atoms with Crippen molar-refractivity contribution >= 4 is 0 Å². The molecule has 1 aliphatic heterocycles. The molecule has 3 nitrogen and oxygen atoms in total. The average Bonchev–Trinajstić information content (AvgIpc) is 2.25. The molecule has 0 aromatic carbocycles. The third kappa shape index (κ3) is 5.83. The number of aliphatic hydroxyl groups excluding tert-OH is 1. The predicted molar refractivity (Wildman–Crippen MR) is 68.6 cm³/mol. The fraction of sp³-hybridized carbons (Fsp3) is 1.00. The van der Waals surface area contributed by atoms with Crippen molar-refractivity contribution in [2.75, 3.05) is 39.8 Å². The minimum Gasteiger partial charge on any atom is -0.393 e. The number of piperidine rings is 1. The number of hydrogen-bond donors (Lipinski definition) is 1. The molecule has 1 heterocycles. The Labute approximate surface area is 100 Å². The normalized spacial score (nSPS) is 21.6. The highest BCUT2D eigenvalue weighted by molar-refractivity contribution is 4.70. The zero-order chi connectivity index (χ0) is 12.0. The number of likely N-dealkylation sites (N-methyl/N-ethyl adjacent to an activating group) is 1. The third-order valence-electron chi connectivity index (χ3n) is 3.60. The number of rotatable bonds is 6. The quantitative estimate of drug-likeness (QED) is 0.745. The van der Waals surface area contributed by atoms with E-state index in [0.29, 0.717) is 0 Å². The van der Waals surface area contributed by atoms with Gasteiger partial charge in [-0.2, -0.15) is 0 Å². The second-order valence-corrected chi connectivity index (χ2v) is 5.47. The van der Waals surface area contributed by atoms with Crippen molar-refractivity contribution in [1.29, 1.82) is 0 Å². The lowest BCUT2D eigenvalue weighted by molar-refractivity contribution is 0.146. The fourth-order valence-corrected chi connectivity index (χ4v) is 2.12. The largest absolute Gasteiger partial charge is 0.393 e. The van der Waals surface area contributed by atoms with E-state index in [4.69, 9.17) is 0 Å². The standard InChI is InChI=1S/C13H28N2O/c1-12-4-8-15(9-5-12)11-10-14(3)7-6-13(2)16/h12-13,16H,4-11H2,1-3H3. The minimum absolute atomic E-state index is 0.168. The van der Waals surface area contributed by atoms with Crippen LogP contribution in [0.3, 0.4) is 0 Å². The van der Waals surface area contributed by atoms with E-state index in [1.807, 2.05) is 6.92 Å². The van der Waals surface area contributed by atoms with Gasteiger partial charge >= 0.3 is 0 Å². The van der Waals surface area contributed by atoms with Gasteiger partial charge in [0, 0.05) is 19.6 Å². The first-order valence-corrected chi connectivity index (χ1v) is 6.67. The molecule has 0 spiro atoms. The van der Waals surface area contributed by atoms with Crippen LogP contribution < -0.4 is 0 Å². The Morgan fingerprint density at radius 3 is 2.50 bits per heavy atom. The van der Waals surface area contributed by atoms with E-state index in [9.17, 15) is 5.11 Å². The van der Waals surface area contributed by atoms with Gasteiger partial charge in [0.25, 0.3) is 0 Å². The smallest absolute Gasteiger partial charge is 0.0524 e. The summed E-state index contributed by atoms with van der Waals surface area (Å²) in [4.78, 5) is 4.89. The van der Waals surface area contributed by atoms with Gasteiger partial charge in [0.05, 0.1) is 6.10 Å². The summed E-state index contributed by atoms with van der Waals surface area (Å²) >= 11 is 0. The molecule has 0 aromatic rings. The molecule has 0 bridgehead atoms. The Morgan fingerprint density at radius 2 is 1.94 bits per heavy atom. The summed E-state index contributed by atoms with van der Waals surface area (Å²) in [5.74, 6) is 0.921. The van der Waals surface area contributed by atoms with Crippen molar-refractivity contribution in [1.82, 2.24) is 9.80 Å². The highest BCUT2D eigenvalue weighted by Crippen LogP contribution is 2.15. The van der Waals surface area contributed by atoms with Gasteiger partial charge in [0.1, 0.15) is 0 Å². The topological polar surface area (TPSA) is 26.7 Å². The molecule has 16 heavy (non-hydrogen) atoms. The zero-order valence-corrected chi connectivity index (χ0v) is 11.2. The van der Waals surface area contributed by atoms with E-state index < -0.39 is 0 Å². The SMILES string of the molecule is CC(O)CCN(C)CCN1CCC(C)CC1. The van der Waals surface area contributed by atoms with Crippen molar-refractivity contribution in [2.45, 2.75) is 39.2 Å². The Bertz CT molecular complexity index is 177. The lowest BCUT2D eigenvalue weighted by Gasteiger charge is -2.31. The number of likely N-dealkylation sites (tertiary alicyclic amines) is 1. The minimum atomic E-state index is -0.168. The van der Waals surface area contributed by atoms with Crippen LogP contribution in [0.25, 0.3) is 0 Å². The molecular formula is C13H28N2O. The van der Waals surface area contributed by atoms with Gasteiger partial charge < -0.3 is 14.9 Å². The second kappa shape index (κ2) is 7.25. The summed E-state index contributed by atoms with van der Waals surface area (Å²) in [6, 6.07) is 0. The average molecular weight is 228 g/mol. The molecule has 3 heteroatoms. The molecule has 0 aliphatic carbocycles. The summed E-state index contributed by atoms with van der Waals surface area (Å²) in [5, 5.41) is 9.21. The van der Waals surface area contributed by atoms with Crippen molar-refractivity contribution in [3.05, 3.63) is 0 Å². The van der Waals surface area contributed by atoms with Gasteiger partial charge in [-0.15, -0.1) is 0 Å². The molecule has 1 fully saturated rings. The van der Waals surface area contributed by atoms with Gasteiger partial charge in [-0.3, -0.25) is 0 Å². The predicted octanol–water partition coefficient (Wildman–Crippen LogP) is 1.42. The molecule has 0 saturated carbocycles. The summed E-state index contributed by atoms with van der Waals surface area (Å²) in [6.07, 6.45) is 3.43. The molecule has 96 valence electrons. The van der Waals surface area contributed by atoms with E-state index in [1.54, 1.807) is 0 Å². The summed E-state index contributed by atoms with van der Waals surface area (Å²) in [7, 11) is 2.15. The van der Waals surface area contributed by atoms with Crippen LogP contribution in [-0.2, 0) is 0 Å². The van der Waals surface area contributed by atoms with Gasteiger partial charge in [0.15, 0.2) is 0 Å². The molecule has 1 rings (SSSR count). The van der Waals surface area contributed by atoms with Crippen molar-refractivity contribution in [2.24, 2.45) is 5.92 Å². The van der Waals surface area contributed by atoms with Gasteiger partial charge in [-0.25, -0.2) is 0 Å². The maximum atomic E-state index is 9.21. The summed E-state index contributed by atoms with van der Waals surface area (Å²) < 4.78 is 0. The number of hydrogen-bond acceptors (Lipinski definition) is 3. The third-order valence-corrected chi connectivity index (χ3v) is 3.60. The molecule has 0 radical (unpaired) electrons.